The molecule has 1 saturated carbocycles. The van der Waals surface area contributed by atoms with Crippen molar-refractivity contribution in [1.29, 1.82) is 0 Å². The van der Waals surface area contributed by atoms with Crippen molar-refractivity contribution in [3.05, 3.63) is 52.4 Å². The summed E-state index contributed by atoms with van der Waals surface area (Å²) in [4.78, 5) is 36.6. The average Bonchev–Trinajstić information content (AvgIpc) is 3.84. The number of rotatable bonds is 5. The Hall–Kier alpha value is -4.02. The normalized spacial score (nSPS) is 35.3. The lowest BCUT2D eigenvalue weighted by Gasteiger charge is -2.57. The molecule has 4 bridgehead atoms. The molecule has 52 heavy (non-hydrogen) atoms. The minimum absolute atomic E-state index is 0.0415. The summed E-state index contributed by atoms with van der Waals surface area (Å²) >= 11 is 0. The molecular weight excluding hydrogens is 656 g/mol. The summed E-state index contributed by atoms with van der Waals surface area (Å²) in [7, 11) is 2.96. The number of aromatic nitrogens is 1. The number of anilines is 1. The molecule has 274 valence electrons. The number of ether oxygens (including phenoxy) is 2. The van der Waals surface area contributed by atoms with E-state index in [1.807, 2.05) is 12.1 Å². The molecule has 10 heteroatoms. The smallest absolute Gasteiger partial charge is 0.335 e. The average molecular weight is 707 g/mol. The van der Waals surface area contributed by atoms with Gasteiger partial charge in [-0.25, -0.2) is 4.79 Å². The Bertz CT molecular complexity index is 2100. The van der Waals surface area contributed by atoms with Gasteiger partial charge in [0.1, 0.15) is 16.9 Å². The number of aromatic amines is 1. The number of aromatic hydroxyl groups is 2. The molecule has 7 heterocycles. The number of fused-ring (bicyclic) bond motifs is 5. The molecule has 4 saturated heterocycles. The molecule has 3 aromatic rings. The Labute approximate surface area is 304 Å². The van der Waals surface area contributed by atoms with Crippen LogP contribution in [-0.2, 0) is 36.3 Å². The van der Waals surface area contributed by atoms with Crippen LogP contribution in [0, 0.1) is 17.3 Å². The monoisotopic (exact) mass is 706 g/mol. The number of methoxy groups -OCH3 is 2. The lowest BCUT2D eigenvalue weighted by molar-refractivity contribution is -0.162. The van der Waals surface area contributed by atoms with Crippen molar-refractivity contribution in [3.8, 4) is 22.6 Å². The number of phenols is 2. The van der Waals surface area contributed by atoms with Crippen molar-refractivity contribution in [3.63, 3.8) is 0 Å². The van der Waals surface area contributed by atoms with E-state index in [0.29, 0.717) is 40.6 Å². The predicted molar refractivity (Wildman–Crippen MR) is 197 cm³/mol. The second kappa shape index (κ2) is 11.0. The first-order valence-corrected chi connectivity index (χ1v) is 19.6. The predicted octanol–water partition coefficient (Wildman–Crippen LogP) is 6.09. The minimum atomic E-state index is -0.832. The van der Waals surface area contributed by atoms with Crippen molar-refractivity contribution in [2.24, 2.45) is 17.3 Å². The van der Waals surface area contributed by atoms with Gasteiger partial charge in [0.25, 0.3) is 0 Å². The van der Waals surface area contributed by atoms with Gasteiger partial charge in [-0.05, 0) is 111 Å². The number of carbonyl (C=O) groups excluding carboxylic acids is 2. The van der Waals surface area contributed by atoms with Gasteiger partial charge in [0.15, 0.2) is 0 Å². The van der Waals surface area contributed by atoms with Gasteiger partial charge in [0, 0.05) is 47.5 Å². The lowest BCUT2D eigenvalue weighted by Crippen LogP contribution is -2.67. The highest BCUT2D eigenvalue weighted by Crippen LogP contribution is 2.67. The molecule has 4 N–H and O–H groups in total. The zero-order valence-corrected chi connectivity index (χ0v) is 30.7. The molecule has 8 aliphatic rings. The van der Waals surface area contributed by atoms with Crippen LogP contribution in [0.4, 0.5) is 5.69 Å². The molecule has 8 atom stereocenters. The topological polar surface area (TPSA) is 127 Å². The largest absolute Gasteiger partial charge is 0.507 e. The molecule has 10 nitrogen and oxygen atoms in total. The number of carbonyl (C=O) groups is 2. The van der Waals surface area contributed by atoms with Crippen LogP contribution >= 0.6 is 0 Å². The summed E-state index contributed by atoms with van der Waals surface area (Å²) < 4.78 is 11.1. The lowest BCUT2D eigenvalue weighted by atomic mass is 9.53. The van der Waals surface area contributed by atoms with Gasteiger partial charge >= 0.3 is 11.9 Å². The van der Waals surface area contributed by atoms with E-state index in [1.54, 1.807) is 6.07 Å². The van der Waals surface area contributed by atoms with Crippen molar-refractivity contribution in [2.45, 2.75) is 94.5 Å². The molecule has 2 aromatic carbocycles. The van der Waals surface area contributed by atoms with Gasteiger partial charge in [0.2, 0.25) is 0 Å². The van der Waals surface area contributed by atoms with Crippen LogP contribution in [0.2, 0.25) is 0 Å². The highest BCUT2D eigenvalue weighted by molar-refractivity contribution is 6.04. The molecule has 1 aromatic heterocycles. The molecule has 2 aliphatic carbocycles. The quantitative estimate of drug-likeness (QED) is 0.184. The van der Waals surface area contributed by atoms with E-state index < -0.39 is 10.8 Å². The van der Waals surface area contributed by atoms with Gasteiger partial charge in [0.05, 0.1) is 42.0 Å². The molecule has 11 rings (SSSR count). The fraction of sp³-hybridized carbons (Fsp3) is 0.571. The SMILES string of the molecule is CCC1CC2CN3CCc4c([nH]c5c(-c6ccc7c(c6O)NC6=C(C(=O)OC)CC8(CC)CCCN9CCC67C98)c(O)ccc45)C(C(=O)OC)(C2)C13. The third-order valence-corrected chi connectivity index (χ3v) is 15.2. The summed E-state index contributed by atoms with van der Waals surface area (Å²) in [5, 5.41) is 28.7. The van der Waals surface area contributed by atoms with E-state index in [-0.39, 0.29) is 40.9 Å². The van der Waals surface area contributed by atoms with Crippen LogP contribution in [0.1, 0.15) is 82.0 Å². The van der Waals surface area contributed by atoms with Crippen LogP contribution < -0.4 is 5.32 Å². The third-order valence-electron chi connectivity index (χ3n) is 15.2. The van der Waals surface area contributed by atoms with Gasteiger partial charge in [-0.1, -0.05) is 26.3 Å². The fourth-order valence-electron chi connectivity index (χ4n) is 13.4. The fourth-order valence-corrected chi connectivity index (χ4v) is 13.4. The molecule has 8 unspecified atom stereocenters. The molecule has 0 amide bonds. The maximum Gasteiger partial charge on any atom is 0.335 e. The van der Waals surface area contributed by atoms with E-state index in [1.165, 1.54) is 14.2 Å². The Morgan fingerprint density at radius 3 is 2.63 bits per heavy atom. The Kier molecular flexibility index (Phi) is 6.91. The Morgan fingerprint density at radius 1 is 1.02 bits per heavy atom. The first kappa shape index (κ1) is 32.6. The van der Waals surface area contributed by atoms with E-state index >= 15 is 0 Å². The highest BCUT2D eigenvalue weighted by Gasteiger charge is 2.67. The van der Waals surface area contributed by atoms with Gasteiger partial charge in [-0.3, -0.25) is 14.6 Å². The number of H-pyrrole nitrogens is 1. The van der Waals surface area contributed by atoms with Crippen molar-refractivity contribution in [1.82, 2.24) is 14.8 Å². The maximum atomic E-state index is 14.2. The van der Waals surface area contributed by atoms with Crippen molar-refractivity contribution >= 4 is 28.5 Å². The highest BCUT2D eigenvalue weighted by atomic mass is 16.5. The Balaban J connectivity index is 1.17. The van der Waals surface area contributed by atoms with E-state index in [0.717, 1.165) is 111 Å². The number of hydrogen-bond donors (Lipinski definition) is 4. The standard InChI is InChI=1S/C42H50N4O6/c1-5-23-18-22-19-42(39(50)52-4)34-25(12-16-46(21-22)36(23)42)24-9-11-29(47)30(31(24)43-34)26-8-10-28-32(33(26)48)44-35-27(37(49)51-3)20-40(6-2)13-7-15-45-17-14-41(28,35)38(40)45/h8-11,22-23,36,38,43-44,47-48H,5-7,12-21H2,1-4H3. The van der Waals surface area contributed by atoms with E-state index in [2.05, 4.69) is 40.0 Å². The first-order valence-electron chi connectivity index (χ1n) is 19.6. The number of phenolic OH excluding ortho intramolecular Hbond substituents is 2. The van der Waals surface area contributed by atoms with Crippen LogP contribution in [0.3, 0.4) is 0 Å². The summed E-state index contributed by atoms with van der Waals surface area (Å²) in [6.07, 6.45) is 8.27. The summed E-state index contributed by atoms with van der Waals surface area (Å²) in [6.45, 7) is 8.32. The number of hydrogen-bond acceptors (Lipinski definition) is 9. The molecule has 1 spiro atoms. The second-order valence-electron chi connectivity index (χ2n) is 17.0. The zero-order valence-electron chi connectivity index (χ0n) is 30.7. The summed E-state index contributed by atoms with van der Waals surface area (Å²) in [6, 6.07) is 8.00. The third kappa shape index (κ3) is 3.78. The second-order valence-corrected chi connectivity index (χ2v) is 17.0. The number of nitrogens with zero attached hydrogens (tertiary/aromatic N) is 2. The van der Waals surface area contributed by atoms with Gasteiger partial charge in [-0.15, -0.1) is 0 Å². The summed E-state index contributed by atoms with van der Waals surface area (Å²) in [5.41, 5.74) is 5.57. The number of nitrogens with one attached hydrogen (secondary N) is 2. The number of benzene rings is 2. The van der Waals surface area contributed by atoms with Crippen molar-refractivity contribution in [2.75, 3.05) is 45.7 Å². The first-order chi connectivity index (χ1) is 25.2. The molecule has 5 fully saturated rings. The minimum Gasteiger partial charge on any atom is -0.507 e. The van der Waals surface area contributed by atoms with Crippen LogP contribution in [0.5, 0.6) is 11.5 Å². The van der Waals surface area contributed by atoms with Crippen LogP contribution in [0.15, 0.2) is 35.5 Å². The maximum absolute atomic E-state index is 14.2. The van der Waals surface area contributed by atoms with Gasteiger partial charge in [-0.2, -0.15) is 0 Å². The van der Waals surface area contributed by atoms with E-state index in [4.69, 9.17) is 9.47 Å². The number of piperidine rings is 3. The van der Waals surface area contributed by atoms with Crippen LogP contribution in [0.25, 0.3) is 22.0 Å². The summed E-state index contributed by atoms with van der Waals surface area (Å²) in [5.74, 6) is 0.400. The zero-order chi connectivity index (χ0) is 35.9. The van der Waals surface area contributed by atoms with Crippen LogP contribution in [-0.4, -0.2) is 89.4 Å². The molecule has 0 radical (unpaired) electrons. The Morgan fingerprint density at radius 2 is 1.87 bits per heavy atom. The van der Waals surface area contributed by atoms with Crippen molar-refractivity contribution < 1.29 is 29.3 Å². The van der Waals surface area contributed by atoms with Gasteiger partial charge < -0.3 is 30.0 Å². The number of esters is 2. The van der Waals surface area contributed by atoms with E-state index in [9.17, 15) is 19.8 Å². The molecule has 6 aliphatic heterocycles. The molecular formula is C42H50N4O6.